The Morgan fingerprint density at radius 3 is 2.73 bits per heavy atom. The Hall–Kier alpha value is -0.860. The Bertz CT molecular complexity index is 297. The number of nitrogens with two attached hydrogens (primary N) is 1. The second kappa shape index (κ2) is 4.77. The van der Waals surface area contributed by atoms with Gasteiger partial charge in [-0.2, -0.15) is 0 Å². The van der Waals surface area contributed by atoms with Gasteiger partial charge in [0.05, 0.1) is 0 Å². The summed E-state index contributed by atoms with van der Waals surface area (Å²) in [4.78, 5) is 2.49. The SMILES string of the molecule is C[C@@H](c1ccccc1)N1CCCC(N)C1. The van der Waals surface area contributed by atoms with Gasteiger partial charge in [0.15, 0.2) is 0 Å². The second-order valence-corrected chi connectivity index (χ2v) is 4.48. The average Bonchev–Trinajstić information content (AvgIpc) is 2.29. The van der Waals surface area contributed by atoms with Crippen LogP contribution in [0.4, 0.5) is 0 Å². The Balaban J connectivity index is 2.04. The Morgan fingerprint density at radius 2 is 2.07 bits per heavy atom. The highest BCUT2D eigenvalue weighted by atomic mass is 15.2. The highest BCUT2D eigenvalue weighted by Crippen LogP contribution is 2.23. The molecule has 2 heteroatoms. The molecule has 0 spiro atoms. The molecule has 1 heterocycles. The van der Waals surface area contributed by atoms with Gasteiger partial charge in [-0.05, 0) is 31.9 Å². The number of likely N-dealkylation sites (tertiary alicyclic amines) is 1. The normalized spacial score (nSPS) is 25.1. The van der Waals surface area contributed by atoms with Crippen LogP contribution in [-0.4, -0.2) is 24.0 Å². The van der Waals surface area contributed by atoms with E-state index in [1.807, 2.05) is 0 Å². The maximum absolute atomic E-state index is 6.00. The molecule has 0 amide bonds. The summed E-state index contributed by atoms with van der Waals surface area (Å²) in [7, 11) is 0. The summed E-state index contributed by atoms with van der Waals surface area (Å²) in [6.45, 7) is 4.49. The van der Waals surface area contributed by atoms with Crippen molar-refractivity contribution < 1.29 is 0 Å². The zero-order valence-electron chi connectivity index (χ0n) is 9.39. The van der Waals surface area contributed by atoms with Gasteiger partial charge in [-0.3, -0.25) is 4.90 Å². The standard InChI is InChI=1S/C13H20N2/c1-11(12-6-3-2-4-7-12)15-9-5-8-13(14)10-15/h2-4,6-7,11,13H,5,8-10,14H2,1H3/t11-,13?/m0/s1. The maximum atomic E-state index is 6.00. The van der Waals surface area contributed by atoms with Gasteiger partial charge in [0.2, 0.25) is 0 Å². The lowest BCUT2D eigenvalue weighted by Gasteiger charge is -2.35. The Kier molecular flexibility index (Phi) is 3.39. The van der Waals surface area contributed by atoms with Crippen LogP contribution in [-0.2, 0) is 0 Å². The fourth-order valence-electron chi connectivity index (χ4n) is 2.33. The molecule has 0 aliphatic carbocycles. The summed E-state index contributed by atoms with van der Waals surface area (Å²) in [6, 6.07) is 11.5. The predicted molar refractivity (Wildman–Crippen MR) is 63.6 cm³/mol. The van der Waals surface area contributed by atoms with Gasteiger partial charge >= 0.3 is 0 Å². The van der Waals surface area contributed by atoms with Crippen LogP contribution >= 0.6 is 0 Å². The van der Waals surface area contributed by atoms with Crippen molar-refractivity contribution in [2.45, 2.75) is 31.8 Å². The number of benzene rings is 1. The molecule has 2 nitrogen and oxygen atoms in total. The first kappa shape index (κ1) is 10.7. The number of hydrogen-bond donors (Lipinski definition) is 1. The zero-order valence-corrected chi connectivity index (χ0v) is 9.39. The first-order valence-electron chi connectivity index (χ1n) is 5.82. The summed E-state index contributed by atoms with van der Waals surface area (Å²) < 4.78 is 0. The van der Waals surface area contributed by atoms with Crippen molar-refractivity contribution in [2.75, 3.05) is 13.1 Å². The summed E-state index contributed by atoms with van der Waals surface area (Å²) >= 11 is 0. The highest BCUT2D eigenvalue weighted by molar-refractivity contribution is 5.18. The summed E-state index contributed by atoms with van der Waals surface area (Å²) in [5.74, 6) is 0. The number of nitrogens with zero attached hydrogens (tertiary/aromatic N) is 1. The Morgan fingerprint density at radius 1 is 1.33 bits per heavy atom. The third-order valence-corrected chi connectivity index (χ3v) is 3.32. The lowest BCUT2D eigenvalue weighted by Crippen LogP contribution is -2.43. The molecule has 15 heavy (non-hydrogen) atoms. The summed E-state index contributed by atoms with van der Waals surface area (Å²) in [5, 5.41) is 0. The van der Waals surface area contributed by atoms with E-state index in [0.29, 0.717) is 12.1 Å². The molecule has 2 N–H and O–H groups in total. The van der Waals surface area contributed by atoms with Crippen LogP contribution < -0.4 is 5.73 Å². The fourth-order valence-corrected chi connectivity index (χ4v) is 2.33. The molecule has 1 fully saturated rings. The van der Waals surface area contributed by atoms with Crippen molar-refractivity contribution in [1.82, 2.24) is 4.90 Å². The first-order chi connectivity index (χ1) is 7.27. The number of piperidine rings is 1. The van der Waals surface area contributed by atoms with Crippen LogP contribution in [0.1, 0.15) is 31.4 Å². The molecule has 2 atom stereocenters. The van der Waals surface area contributed by atoms with Crippen molar-refractivity contribution in [1.29, 1.82) is 0 Å². The first-order valence-corrected chi connectivity index (χ1v) is 5.82. The molecule has 1 aromatic rings. The molecule has 1 aliphatic heterocycles. The topological polar surface area (TPSA) is 29.3 Å². The lowest BCUT2D eigenvalue weighted by atomic mass is 10.0. The van der Waals surface area contributed by atoms with E-state index in [4.69, 9.17) is 5.73 Å². The lowest BCUT2D eigenvalue weighted by molar-refractivity contribution is 0.159. The maximum Gasteiger partial charge on any atom is 0.0320 e. The Labute approximate surface area is 92.1 Å². The second-order valence-electron chi connectivity index (χ2n) is 4.48. The molecule has 1 unspecified atom stereocenters. The van der Waals surface area contributed by atoms with E-state index >= 15 is 0 Å². The van der Waals surface area contributed by atoms with E-state index < -0.39 is 0 Å². The molecular weight excluding hydrogens is 184 g/mol. The van der Waals surface area contributed by atoms with Crippen LogP contribution in [0.15, 0.2) is 30.3 Å². The number of rotatable bonds is 2. The van der Waals surface area contributed by atoms with Gasteiger partial charge in [-0.25, -0.2) is 0 Å². The van der Waals surface area contributed by atoms with Crippen molar-refractivity contribution in [3.8, 4) is 0 Å². The van der Waals surface area contributed by atoms with Crippen LogP contribution in [0.3, 0.4) is 0 Å². The van der Waals surface area contributed by atoms with E-state index in [1.54, 1.807) is 0 Å². The fraction of sp³-hybridized carbons (Fsp3) is 0.538. The van der Waals surface area contributed by atoms with Crippen LogP contribution in [0, 0.1) is 0 Å². The molecule has 1 aliphatic rings. The van der Waals surface area contributed by atoms with Gasteiger partial charge < -0.3 is 5.73 Å². The minimum absolute atomic E-state index is 0.366. The molecule has 0 aromatic heterocycles. The van der Waals surface area contributed by atoms with E-state index in [0.717, 1.165) is 6.54 Å². The minimum Gasteiger partial charge on any atom is -0.327 e. The van der Waals surface area contributed by atoms with Crippen molar-refractivity contribution in [3.63, 3.8) is 0 Å². The quantitative estimate of drug-likeness (QED) is 0.800. The van der Waals surface area contributed by atoms with Gasteiger partial charge in [-0.1, -0.05) is 30.3 Å². The van der Waals surface area contributed by atoms with Crippen LogP contribution in [0.25, 0.3) is 0 Å². The third-order valence-electron chi connectivity index (χ3n) is 3.32. The van der Waals surface area contributed by atoms with Crippen molar-refractivity contribution in [3.05, 3.63) is 35.9 Å². The van der Waals surface area contributed by atoms with E-state index in [9.17, 15) is 0 Å². The van der Waals surface area contributed by atoms with Crippen molar-refractivity contribution in [2.24, 2.45) is 5.73 Å². The van der Waals surface area contributed by atoms with Gasteiger partial charge in [-0.15, -0.1) is 0 Å². The van der Waals surface area contributed by atoms with Crippen LogP contribution in [0.2, 0.25) is 0 Å². The summed E-state index contributed by atoms with van der Waals surface area (Å²) in [6.07, 6.45) is 2.41. The largest absolute Gasteiger partial charge is 0.327 e. The molecule has 82 valence electrons. The third kappa shape index (κ3) is 2.58. The highest BCUT2D eigenvalue weighted by Gasteiger charge is 2.21. The van der Waals surface area contributed by atoms with Crippen LogP contribution in [0.5, 0.6) is 0 Å². The zero-order chi connectivity index (χ0) is 10.7. The molecule has 1 aromatic carbocycles. The average molecular weight is 204 g/mol. The molecular formula is C13H20N2. The smallest absolute Gasteiger partial charge is 0.0320 e. The van der Waals surface area contributed by atoms with Gasteiger partial charge in [0.1, 0.15) is 0 Å². The van der Waals surface area contributed by atoms with Gasteiger partial charge in [0.25, 0.3) is 0 Å². The van der Waals surface area contributed by atoms with Gasteiger partial charge in [0, 0.05) is 18.6 Å². The minimum atomic E-state index is 0.366. The molecule has 0 bridgehead atoms. The molecule has 2 rings (SSSR count). The monoisotopic (exact) mass is 204 g/mol. The van der Waals surface area contributed by atoms with E-state index in [1.165, 1.54) is 24.9 Å². The van der Waals surface area contributed by atoms with E-state index in [2.05, 4.69) is 42.2 Å². The molecule has 1 saturated heterocycles. The summed E-state index contributed by atoms with van der Waals surface area (Å²) in [5.41, 5.74) is 7.39. The van der Waals surface area contributed by atoms with Crippen molar-refractivity contribution >= 4 is 0 Å². The number of hydrogen-bond acceptors (Lipinski definition) is 2. The molecule has 0 radical (unpaired) electrons. The van der Waals surface area contributed by atoms with E-state index in [-0.39, 0.29) is 0 Å². The predicted octanol–water partition coefficient (Wildman–Crippen LogP) is 2.17. The molecule has 0 saturated carbocycles.